The molecule has 1 fully saturated rings. The molecule has 7 atom stereocenters. The minimum atomic E-state index is -0.913. The van der Waals surface area contributed by atoms with E-state index in [1.807, 2.05) is 13.8 Å². The van der Waals surface area contributed by atoms with E-state index in [1.54, 1.807) is 0 Å². The monoisotopic (exact) mass is 367 g/mol. The summed E-state index contributed by atoms with van der Waals surface area (Å²) in [5.74, 6) is 0.122. The molecule has 1 heterocycles. The summed E-state index contributed by atoms with van der Waals surface area (Å²) in [6.07, 6.45) is 0.788. The average Bonchev–Trinajstić information content (AvgIpc) is 2.46. The van der Waals surface area contributed by atoms with E-state index in [2.05, 4.69) is 31.2 Å². The van der Waals surface area contributed by atoms with Crippen LogP contribution in [-0.2, 0) is 18.6 Å². The van der Waals surface area contributed by atoms with Crippen molar-refractivity contribution in [2.45, 2.75) is 76.9 Å². The fraction of sp³-hybridized carbons (Fsp3) is 0.933. The largest absolute Gasteiger partial charge is 0.388 e. The van der Waals surface area contributed by atoms with Gasteiger partial charge in [-0.3, -0.25) is 4.79 Å². The molecule has 0 spiro atoms. The van der Waals surface area contributed by atoms with Crippen molar-refractivity contribution in [3.63, 3.8) is 0 Å². The smallest absolute Gasteiger partial charge is 0.217 e. The first-order chi connectivity index (χ1) is 10.8. The molecular formula is C15H31NO5P2. The van der Waals surface area contributed by atoms with Gasteiger partial charge in [-0.1, -0.05) is 13.3 Å². The SMILES string of the molecule is CCCC1CC(C)(C)OC(C(O)C(COP)OP)C1NC(C)=O. The van der Waals surface area contributed by atoms with Gasteiger partial charge in [0.1, 0.15) is 18.3 Å². The van der Waals surface area contributed by atoms with E-state index < -0.39 is 18.3 Å². The maximum absolute atomic E-state index is 11.6. The molecule has 0 aliphatic carbocycles. The van der Waals surface area contributed by atoms with E-state index in [-0.39, 0.29) is 30.1 Å². The third-order valence-electron chi connectivity index (χ3n) is 4.25. The predicted octanol–water partition coefficient (Wildman–Crippen LogP) is 1.82. The second kappa shape index (κ2) is 9.60. The molecule has 0 aromatic rings. The standard InChI is InChI=1S/C15H31NO5P2/c1-5-6-10-7-15(3,4)20-14(12(10)16-9(2)17)13(18)11(21-23)8-19-22/h10-14,18H,5-8,22-23H2,1-4H3,(H,16,17). The van der Waals surface area contributed by atoms with Crippen LogP contribution in [0.3, 0.4) is 0 Å². The quantitative estimate of drug-likeness (QED) is 0.640. The molecule has 0 radical (unpaired) electrons. The topological polar surface area (TPSA) is 77.0 Å². The molecule has 0 aromatic carbocycles. The number of carbonyl (C=O) groups excluding carboxylic acids is 1. The average molecular weight is 367 g/mol. The van der Waals surface area contributed by atoms with Crippen molar-refractivity contribution in [3.05, 3.63) is 0 Å². The van der Waals surface area contributed by atoms with E-state index in [9.17, 15) is 9.90 Å². The summed E-state index contributed by atoms with van der Waals surface area (Å²) in [7, 11) is 4.30. The van der Waals surface area contributed by atoms with Crippen molar-refractivity contribution in [3.8, 4) is 0 Å². The van der Waals surface area contributed by atoms with Crippen molar-refractivity contribution >= 4 is 24.8 Å². The summed E-state index contributed by atoms with van der Waals surface area (Å²) in [5, 5.41) is 13.7. The van der Waals surface area contributed by atoms with Gasteiger partial charge in [-0.2, -0.15) is 0 Å². The predicted molar refractivity (Wildman–Crippen MR) is 95.8 cm³/mol. The number of rotatable bonds is 8. The maximum Gasteiger partial charge on any atom is 0.217 e. The normalized spacial score (nSPS) is 29.8. The van der Waals surface area contributed by atoms with Crippen LogP contribution in [0.25, 0.3) is 0 Å². The molecular weight excluding hydrogens is 336 g/mol. The lowest BCUT2D eigenvalue weighted by atomic mass is 9.77. The molecule has 6 nitrogen and oxygen atoms in total. The van der Waals surface area contributed by atoms with Crippen LogP contribution in [0.2, 0.25) is 0 Å². The van der Waals surface area contributed by atoms with Crippen LogP contribution in [0, 0.1) is 5.92 Å². The highest BCUT2D eigenvalue weighted by molar-refractivity contribution is 7.10. The van der Waals surface area contributed by atoms with Crippen molar-refractivity contribution in [1.29, 1.82) is 0 Å². The summed E-state index contributed by atoms with van der Waals surface area (Å²) in [5.41, 5.74) is -0.367. The molecule has 0 bridgehead atoms. The molecule has 1 rings (SSSR count). The van der Waals surface area contributed by atoms with Crippen molar-refractivity contribution < 1.29 is 23.7 Å². The first kappa shape index (κ1) is 21.2. The Morgan fingerprint density at radius 2 is 2.13 bits per heavy atom. The van der Waals surface area contributed by atoms with Gasteiger partial charge in [-0.15, -0.1) is 0 Å². The van der Waals surface area contributed by atoms with E-state index in [0.717, 1.165) is 19.3 Å². The van der Waals surface area contributed by atoms with Gasteiger partial charge in [0.25, 0.3) is 0 Å². The Morgan fingerprint density at radius 3 is 2.61 bits per heavy atom. The summed E-state index contributed by atoms with van der Waals surface area (Å²) in [6, 6.07) is -0.248. The van der Waals surface area contributed by atoms with Gasteiger partial charge in [0.05, 0.1) is 18.2 Å². The van der Waals surface area contributed by atoms with Gasteiger partial charge in [0.2, 0.25) is 5.91 Å². The van der Waals surface area contributed by atoms with Gasteiger partial charge < -0.3 is 24.2 Å². The van der Waals surface area contributed by atoms with Gasteiger partial charge in [0.15, 0.2) is 0 Å². The second-order valence-electron chi connectivity index (χ2n) is 6.82. The van der Waals surface area contributed by atoms with Crippen LogP contribution >= 0.6 is 18.9 Å². The Labute approximate surface area is 144 Å². The number of hydrogen-bond donors (Lipinski definition) is 2. The molecule has 8 heteroatoms. The van der Waals surface area contributed by atoms with Gasteiger partial charge in [-0.05, 0) is 32.6 Å². The lowest BCUT2D eigenvalue weighted by Crippen LogP contribution is -2.62. The van der Waals surface area contributed by atoms with Crippen LogP contribution in [0.15, 0.2) is 0 Å². The first-order valence-electron chi connectivity index (χ1n) is 8.06. The van der Waals surface area contributed by atoms with Crippen LogP contribution in [0.4, 0.5) is 0 Å². The van der Waals surface area contributed by atoms with Crippen LogP contribution in [-0.4, -0.2) is 47.6 Å². The Kier molecular flexibility index (Phi) is 8.85. The molecule has 0 saturated carbocycles. The molecule has 7 unspecified atom stereocenters. The minimum absolute atomic E-state index is 0.123. The Bertz CT molecular complexity index is 383. The van der Waals surface area contributed by atoms with Gasteiger partial charge in [-0.25, -0.2) is 0 Å². The maximum atomic E-state index is 11.6. The number of aliphatic hydroxyl groups excluding tert-OH is 1. The summed E-state index contributed by atoms with van der Waals surface area (Å²) in [6.45, 7) is 7.85. The zero-order valence-electron chi connectivity index (χ0n) is 14.5. The van der Waals surface area contributed by atoms with Crippen molar-refractivity contribution in [2.24, 2.45) is 5.92 Å². The molecule has 1 saturated heterocycles. The van der Waals surface area contributed by atoms with Gasteiger partial charge >= 0.3 is 0 Å². The highest BCUT2D eigenvalue weighted by Crippen LogP contribution is 2.37. The minimum Gasteiger partial charge on any atom is -0.388 e. The summed E-state index contributed by atoms with van der Waals surface area (Å²) in [4.78, 5) is 11.6. The molecule has 0 aromatic heterocycles. The molecule has 1 aliphatic heterocycles. The summed E-state index contributed by atoms with van der Waals surface area (Å²) >= 11 is 0. The number of aliphatic hydroxyl groups is 1. The zero-order chi connectivity index (χ0) is 17.6. The number of carbonyl (C=O) groups is 1. The highest BCUT2D eigenvalue weighted by Gasteiger charge is 2.47. The third kappa shape index (κ3) is 6.19. The zero-order valence-corrected chi connectivity index (χ0v) is 16.8. The van der Waals surface area contributed by atoms with Crippen LogP contribution < -0.4 is 5.32 Å². The number of hydrogen-bond acceptors (Lipinski definition) is 5. The van der Waals surface area contributed by atoms with Crippen LogP contribution in [0.5, 0.6) is 0 Å². The van der Waals surface area contributed by atoms with E-state index in [1.165, 1.54) is 6.92 Å². The molecule has 1 aliphatic rings. The van der Waals surface area contributed by atoms with Gasteiger partial charge in [0, 0.05) is 25.9 Å². The number of nitrogens with one attached hydrogen (secondary N) is 1. The second-order valence-corrected chi connectivity index (χ2v) is 7.43. The molecule has 2 N–H and O–H groups in total. The number of amides is 1. The van der Waals surface area contributed by atoms with E-state index >= 15 is 0 Å². The molecule has 136 valence electrons. The van der Waals surface area contributed by atoms with E-state index in [4.69, 9.17) is 13.8 Å². The highest BCUT2D eigenvalue weighted by atomic mass is 31.0. The Hall–Kier alpha value is 0.170. The van der Waals surface area contributed by atoms with Crippen molar-refractivity contribution in [1.82, 2.24) is 5.32 Å². The van der Waals surface area contributed by atoms with Crippen LogP contribution in [0.1, 0.15) is 47.0 Å². The Morgan fingerprint density at radius 1 is 1.48 bits per heavy atom. The fourth-order valence-electron chi connectivity index (χ4n) is 3.41. The lowest BCUT2D eigenvalue weighted by Gasteiger charge is -2.48. The molecule has 23 heavy (non-hydrogen) atoms. The third-order valence-corrected chi connectivity index (χ3v) is 4.79. The molecule has 1 amide bonds. The Balaban J connectivity index is 3.05. The number of ether oxygens (including phenoxy) is 1. The fourth-order valence-corrected chi connectivity index (χ4v) is 3.84. The lowest BCUT2D eigenvalue weighted by molar-refractivity contribution is -0.195. The summed E-state index contributed by atoms with van der Waals surface area (Å²) < 4.78 is 16.4. The van der Waals surface area contributed by atoms with Crippen molar-refractivity contribution in [2.75, 3.05) is 6.61 Å². The first-order valence-corrected chi connectivity index (χ1v) is 9.00. The van der Waals surface area contributed by atoms with E-state index in [0.29, 0.717) is 0 Å².